The Morgan fingerprint density at radius 1 is 1.12 bits per heavy atom. The molecule has 2 aromatic carbocycles. The van der Waals surface area contributed by atoms with E-state index in [0.29, 0.717) is 45.0 Å². The molecule has 0 heterocycles. The van der Waals surface area contributed by atoms with E-state index >= 15 is 0 Å². The molecule has 3 rings (SSSR count). The van der Waals surface area contributed by atoms with Gasteiger partial charge in [0, 0.05) is 31.7 Å². The molecular formula is C30H39IN2O9. The van der Waals surface area contributed by atoms with Gasteiger partial charge in [-0.15, -0.1) is 0 Å². The van der Waals surface area contributed by atoms with E-state index in [4.69, 9.17) is 18.9 Å². The molecule has 1 aliphatic rings. The molecule has 0 aliphatic heterocycles. The first-order valence-electron chi connectivity index (χ1n) is 13.7. The molecule has 11 nitrogen and oxygen atoms in total. The van der Waals surface area contributed by atoms with Gasteiger partial charge in [-0.3, -0.25) is 9.59 Å². The van der Waals surface area contributed by atoms with Crippen LogP contribution in [-0.4, -0.2) is 97.4 Å². The zero-order valence-corrected chi connectivity index (χ0v) is 26.2. The van der Waals surface area contributed by atoms with E-state index in [9.17, 15) is 24.9 Å². The normalized spacial score (nSPS) is 18.2. The lowest BCUT2D eigenvalue weighted by Gasteiger charge is -2.40. The Morgan fingerprint density at radius 2 is 1.90 bits per heavy atom. The summed E-state index contributed by atoms with van der Waals surface area (Å²) in [6.45, 7) is 1.80. The molecule has 0 unspecified atom stereocenters. The van der Waals surface area contributed by atoms with Crippen LogP contribution in [0.1, 0.15) is 24.5 Å². The zero-order valence-electron chi connectivity index (χ0n) is 24.0. The summed E-state index contributed by atoms with van der Waals surface area (Å²) in [5.41, 5.74) is 1.86. The standard InChI is InChI=1S/C30H39IN2O9/c1-4-41-18-27(36)33(10-8-19-6-5-7-22(12-19)39-2)24-15-21(30(38)32-9-11-34)16-25(28(24)37)42-29-23(31)13-20(17-35)14-26(29)40-3/h5-7,12-14,16,24-25,28,34-35,37H,4,8-11,15,17-18H2,1-3H3,(H,32,38)/t24-,25+,28+/m1/s1. The van der Waals surface area contributed by atoms with Crippen molar-refractivity contribution in [2.45, 2.75) is 44.6 Å². The summed E-state index contributed by atoms with van der Waals surface area (Å²) in [4.78, 5) is 28.1. The number of hydrogen-bond donors (Lipinski definition) is 4. The van der Waals surface area contributed by atoms with Gasteiger partial charge in [-0.05, 0) is 77.4 Å². The Bertz CT molecular complexity index is 1240. The molecule has 0 aromatic heterocycles. The summed E-state index contributed by atoms with van der Waals surface area (Å²) in [6.07, 6.45) is -0.176. The summed E-state index contributed by atoms with van der Waals surface area (Å²) in [5.74, 6) is 0.598. The highest BCUT2D eigenvalue weighted by Gasteiger charge is 2.41. The number of benzene rings is 2. The number of aliphatic hydroxyl groups excluding tert-OH is 3. The lowest BCUT2D eigenvalue weighted by molar-refractivity contribution is -0.143. The quantitative estimate of drug-likeness (QED) is 0.205. The minimum absolute atomic E-state index is 0.0477. The summed E-state index contributed by atoms with van der Waals surface area (Å²) in [6, 6.07) is 10.0. The van der Waals surface area contributed by atoms with Crippen LogP contribution in [0.2, 0.25) is 0 Å². The number of amides is 2. The van der Waals surface area contributed by atoms with Crippen molar-refractivity contribution in [3.8, 4) is 17.2 Å². The number of rotatable bonds is 15. The third kappa shape index (κ3) is 8.80. The number of nitrogens with one attached hydrogen (secondary N) is 1. The molecule has 12 heteroatoms. The predicted molar refractivity (Wildman–Crippen MR) is 164 cm³/mol. The van der Waals surface area contributed by atoms with Gasteiger partial charge in [0.1, 0.15) is 24.6 Å². The molecule has 0 bridgehead atoms. The molecule has 230 valence electrons. The van der Waals surface area contributed by atoms with Gasteiger partial charge >= 0.3 is 0 Å². The van der Waals surface area contributed by atoms with Crippen LogP contribution < -0.4 is 19.5 Å². The van der Waals surface area contributed by atoms with Crippen molar-refractivity contribution >= 4 is 34.4 Å². The lowest BCUT2D eigenvalue weighted by atomic mass is 9.88. The number of nitrogens with zero attached hydrogens (tertiary/aromatic N) is 1. The Kier molecular flexibility index (Phi) is 13.3. The fourth-order valence-corrected chi connectivity index (χ4v) is 5.51. The molecule has 0 fully saturated rings. The number of carbonyl (C=O) groups is 2. The second-order valence-corrected chi connectivity index (χ2v) is 10.8. The van der Waals surface area contributed by atoms with E-state index in [-0.39, 0.29) is 45.2 Å². The SMILES string of the molecule is CCOCC(=O)N(CCc1cccc(OC)c1)[C@@H]1CC(C(=O)NCCO)=C[C@H](Oc2c(I)cc(CO)cc2OC)[C@H]1O. The molecule has 2 amide bonds. The number of carbonyl (C=O) groups excluding carboxylic acids is 2. The van der Waals surface area contributed by atoms with Crippen LogP contribution in [0, 0.1) is 3.57 Å². The second kappa shape index (κ2) is 16.7. The van der Waals surface area contributed by atoms with Crippen LogP contribution in [0.5, 0.6) is 17.2 Å². The highest BCUT2D eigenvalue weighted by Crippen LogP contribution is 2.37. The fraction of sp³-hybridized carbons (Fsp3) is 0.467. The largest absolute Gasteiger partial charge is 0.497 e. The van der Waals surface area contributed by atoms with E-state index in [1.807, 2.05) is 24.3 Å². The molecule has 0 spiro atoms. The van der Waals surface area contributed by atoms with Gasteiger partial charge < -0.3 is 44.5 Å². The second-order valence-electron chi connectivity index (χ2n) is 9.61. The van der Waals surface area contributed by atoms with E-state index < -0.39 is 24.2 Å². The van der Waals surface area contributed by atoms with Gasteiger partial charge in [0.05, 0.1) is 37.0 Å². The van der Waals surface area contributed by atoms with E-state index in [0.717, 1.165) is 5.56 Å². The van der Waals surface area contributed by atoms with Crippen molar-refractivity contribution in [1.29, 1.82) is 0 Å². The molecule has 0 radical (unpaired) electrons. The maximum atomic E-state index is 13.5. The van der Waals surface area contributed by atoms with Gasteiger partial charge in [0.25, 0.3) is 0 Å². The van der Waals surface area contributed by atoms with Gasteiger partial charge in [-0.2, -0.15) is 0 Å². The summed E-state index contributed by atoms with van der Waals surface area (Å²) in [7, 11) is 3.05. The number of halogens is 1. The summed E-state index contributed by atoms with van der Waals surface area (Å²) >= 11 is 2.05. The maximum Gasteiger partial charge on any atom is 0.248 e. The van der Waals surface area contributed by atoms with Gasteiger partial charge in [0.15, 0.2) is 11.5 Å². The molecular weight excluding hydrogens is 659 g/mol. The molecule has 4 N–H and O–H groups in total. The molecule has 3 atom stereocenters. The van der Waals surface area contributed by atoms with Crippen LogP contribution >= 0.6 is 22.6 Å². The van der Waals surface area contributed by atoms with Crippen LogP contribution in [-0.2, 0) is 27.4 Å². The third-order valence-electron chi connectivity index (χ3n) is 6.87. The minimum Gasteiger partial charge on any atom is -0.497 e. The predicted octanol–water partition coefficient (Wildman–Crippen LogP) is 1.82. The van der Waals surface area contributed by atoms with Gasteiger partial charge in [-0.1, -0.05) is 12.1 Å². The minimum atomic E-state index is -1.21. The van der Waals surface area contributed by atoms with E-state index in [1.54, 1.807) is 31.1 Å². The molecule has 0 saturated heterocycles. The number of hydrogen-bond acceptors (Lipinski definition) is 9. The highest BCUT2D eigenvalue weighted by atomic mass is 127. The highest BCUT2D eigenvalue weighted by molar-refractivity contribution is 14.1. The molecule has 0 saturated carbocycles. The number of ether oxygens (including phenoxy) is 4. The first-order valence-corrected chi connectivity index (χ1v) is 14.8. The smallest absolute Gasteiger partial charge is 0.248 e. The van der Waals surface area contributed by atoms with Crippen molar-refractivity contribution in [2.75, 3.05) is 47.1 Å². The van der Waals surface area contributed by atoms with Crippen molar-refractivity contribution in [1.82, 2.24) is 10.2 Å². The maximum absolute atomic E-state index is 13.5. The molecule has 1 aliphatic carbocycles. The number of methoxy groups -OCH3 is 2. The van der Waals surface area contributed by atoms with Crippen molar-refractivity contribution in [3.63, 3.8) is 0 Å². The Balaban J connectivity index is 1.99. The van der Waals surface area contributed by atoms with Crippen molar-refractivity contribution in [3.05, 3.63) is 62.7 Å². The first-order chi connectivity index (χ1) is 20.3. The van der Waals surface area contributed by atoms with Crippen molar-refractivity contribution < 1.29 is 43.9 Å². The Morgan fingerprint density at radius 3 is 2.57 bits per heavy atom. The van der Waals surface area contributed by atoms with Crippen molar-refractivity contribution in [2.24, 2.45) is 0 Å². The van der Waals surface area contributed by atoms with Gasteiger partial charge in [-0.25, -0.2) is 0 Å². The number of aliphatic hydroxyl groups is 3. The fourth-order valence-electron chi connectivity index (χ4n) is 4.72. The van der Waals surface area contributed by atoms with E-state index in [1.165, 1.54) is 13.2 Å². The molecule has 42 heavy (non-hydrogen) atoms. The van der Waals surface area contributed by atoms with Crippen LogP contribution in [0.15, 0.2) is 48.0 Å². The van der Waals surface area contributed by atoms with Crippen LogP contribution in [0.3, 0.4) is 0 Å². The van der Waals surface area contributed by atoms with Crippen LogP contribution in [0.25, 0.3) is 0 Å². The third-order valence-corrected chi connectivity index (χ3v) is 7.67. The van der Waals surface area contributed by atoms with E-state index in [2.05, 4.69) is 27.9 Å². The zero-order chi connectivity index (χ0) is 30.6. The first kappa shape index (κ1) is 33.6. The summed E-state index contributed by atoms with van der Waals surface area (Å²) in [5, 5.41) is 33.2. The average molecular weight is 699 g/mol. The average Bonchev–Trinajstić information content (AvgIpc) is 3.00. The monoisotopic (exact) mass is 698 g/mol. The molecule has 2 aromatic rings. The van der Waals surface area contributed by atoms with Crippen LogP contribution in [0.4, 0.5) is 0 Å². The Hall–Kier alpha value is -2.91. The summed E-state index contributed by atoms with van der Waals surface area (Å²) < 4.78 is 23.2. The lowest BCUT2D eigenvalue weighted by Crippen LogP contribution is -2.56. The topological polar surface area (TPSA) is 147 Å². The Labute approximate surface area is 259 Å². The van der Waals surface area contributed by atoms with Gasteiger partial charge in [0.2, 0.25) is 11.8 Å².